The second-order valence-electron chi connectivity index (χ2n) is 11.6. The Bertz CT molecular complexity index is 675. The Morgan fingerprint density at radius 1 is 1.09 bits per heavy atom. The third-order valence-electron chi connectivity index (χ3n) is 8.75. The molecule has 33 heavy (non-hydrogen) atoms. The van der Waals surface area contributed by atoms with Crippen LogP contribution in [0.1, 0.15) is 123 Å². The number of carbonyl (C=O) groups excluding carboxylic acids is 1. The summed E-state index contributed by atoms with van der Waals surface area (Å²) in [6.45, 7) is 16.9. The zero-order valence-corrected chi connectivity index (χ0v) is 22.7. The number of hydrogen-bond acceptors (Lipinski definition) is 2. The highest BCUT2D eigenvalue weighted by Crippen LogP contribution is 2.52. The highest BCUT2D eigenvalue weighted by Gasteiger charge is 2.44. The molecule has 0 N–H and O–H groups in total. The predicted molar refractivity (Wildman–Crippen MR) is 141 cm³/mol. The number of ether oxygens (including phenoxy) is 1. The maximum Gasteiger partial charge on any atom is 0.338 e. The molecule has 188 valence electrons. The summed E-state index contributed by atoms with van der Waals surface area (Å²) in [6, 6.07) is 9.53. The Balaban J connectivity index is 2.24. The largest absolute Gasteiger partial charge is 0.459 e. The van der Waals surface area contributed by atoms with Gasteiger partial charge in [-0.1, -0.05) is 105 Å². The molecule has 5 atom stereocenters. The van der Waals surface area contributed by atoms with Crippen LogP contribution in [-0.2, 0) is 4.74 Å². The van der Waals surface area contributed by atoms with Crippen LogP contribution in [0.25, 0.3) is 0 Å². The fraction of sp³-hybridized carbons (Fsp3) is 0.774. The molecule has 2 rings (SSSR count). The molecule has 0 saturated heterocycles. The number of hydrogen-bond donors (Lipinski definition) is 0. The lowest BCUT2D eigenvalue weighted by molar-refractivity contribution is -0.0255. The highest BCUT2D eigenvalue weighted by molar-refractivity contribution is 5.89. The van der Waals surface area contributed by atoms with Gasteiger partial charge in [0.2, 0.25) is 0 Å². The maximum atomic E-state index is 13.0. The van der Waals surface area contributed by atoms with Crippen molar-refractivity contribution in [3.8, 4) is 0 Å². The lowest BCUT2D eigenvalue weighted by Gasteiger charge is -2.50. The summed E-state index contributed by atoms with van der Waals surface area (Å²) in [4.78, 5) is 13.0. The van der Waals surface area contributed by atoms with E-state index in [9.17, 15) is 4.79 Å². The van der Waals surface area contributed by atoms with E-state index in [0.717, 1.165) is 30.6 Å². The van der Waals surface area contributed by atoms with Crippen molar-refractivity contribution in [3.05, 3.63) is 35.9 Å². The second-order valence-corrected chi connectivity index (χ2v) is 11.6. The number of benzene rings is 1. The van der Waals surface area contributed by atoms with Crippen LogP contribution in [0.2, 0.25) is 0 Å². The van der Waals surface area contributed by atoms with Crippen molar-refractivity contribution < 1.29 is 9.53 Å². The van der Waals surface area contributed by atoms with E-state index in [-0.39, 0.29) is 12.1 Å². The summed E-state index contributed by atoms with van der Waals surface area (Å²) < 4.78 is 6.22. The molecule has 0 heterocycles. The van der Waals surface area contributed by atoms with E-state index in [4.69, 9.17) is 4.74 Å². The molecule has 1 aliphatic carbocycles. The summed E-state index contributed by atoms with van der Waals surface area (Å²) in [5, 5.41) is 0. The highest BCUT2D eigenvalue weighted by atomic mass is 16.5. The van der Waals surface area contributed by atoms with Crippen LogP contribution < -0.4 is 0 Å². The molecule has 1 aliphatic rings. The molecule has 0 aromatic heterocycles. The fourth-order valence-electron chi connectivity index (χ4n) is 6.94. The van der Waals surface area contributed by atoms with E-state index < -0.39 is 0 Å². The van der Waals surface area contributed by atoms with Crippen molar-refractivity contribution in [2.75, 3.05) is 0 Å². The van der Waals surface area contributed by atoms with Gasteiger partial charge in [-0.2, -0.15) is 0 Å². The third kappa shape index (κ3) is 7.86. The molecule has 5 unspecified atom stereocenters. The van der Waals surface area contributed by atoms with Gasteiger partial charge in [0.25, 0.3) is 0 Å². The van der Waals surface area contributed by atoms with Crippen LogP contribution in [0, 0.1) is 35.0 Å². The van der Waals surface area contributed by atoms with Gasteiger partial charge in [-0.25, -0.2) is 4.79 Å². The molecular formula is C31H52O2. The zero-order valence-electron chi connectivity index (χ0n) is 22.7. The molecule has 1 aromatic rings. The lowest BCUT2D eigenvalue weighted by atomic mass is 9.55. The standard InChI is InChI=1S/C31H52O2/c1-8-11-13-20-28(33-30(32)26-18-14-12-15-19-26)24(5)22-27(25(9-2)10-3)29-23(4)17-16-21-31(29,6)7/h12,14-15,18-19,23-25,27-29H,8-11,13,16-17,20-22H2,1-7H3. The van der Waals surface area contributed by atoms with Gasteiger partial charge >= 0.3 is 5.97 Å². The van der Waals surface area contributed by atoms with Gasteiger partial charge in [-0.05, 0) is 72.8 Å². The molecule has 1 fully saturated rings. The van der Waals surface area contributed by atoms with Gasteiger partial charge < -0.3 is 4.74 Å². The Labute approximate surface area is 205 Å². The third-order valence-corrected chi connectivity index (χ3v) is 8.75. The predicted octanol–water partition coefficient (Wildman–Crippen LogP) is 9.33. The van der Waals surface area contributed by atoms with Crippen molar-refractivity contribution in [3.63, 3.8) is 0 Å². The molecule has 0 amide bonds. The molecule has 0 aliphatic heterocycles. The summed E-state index contributed by atoms with van der Waals surface area (Å²) in [5.41, 5.74) is 1.06. The summed E-state index contributed by atoms with van der Waals surface area (Å²) in [7, 11) is 0. The first-order valence-electron chi connectivity index (χ1n) is 14.0. The average Bonchev–Trinajstić information content (AvgIpc) is 2.79. The van der Waals surface area contributed by atoms with Gasteiger partial charge in [0, 0.05) is 0 Å². The minimum Gasteiger partial charge on any atom is -0.459 e. The van der Waals surface area contributed by atoms with E-state index in [0.29, 0.717) is 22.8 Å². The van der Waals surface area contributed by atoms with Crippen molar-refractivity contribution >= 4 is 5.97 Å². The molecule has 0 spiro atoms. The number of esters is 1. The molecule has 2 nitrogen and oxygen atoms in total. The van der Waals surface area contributed by atoms with Crippen molar-refractivity contribution in [1.29, 1.82) is 0 Å². The molecule has 0 radical (unpaired) electrons. The normalized spacial score (nSPS) is 23.2. The number of unbranched alkanes of at least 4 members (excludes halogenated alkanes) is 2. The van der Waals surface area contributed by atoms with Crippen molar-refractivity contribution in [2.45, 2.75) is 119 Å². The fourth-order valence-corrected chi connectivity index (χ4v) is 6.94. The van der Waals surface area contributed by atoms with Crippen molar-refractivity contribution in [2.24, 2.45) is 35.0 Å². The van der Waals surface area contributed by atoms with E-state index in [1.165, 1.54) is 51.4 Å². The topological polar surface area (TPSA) is 26.3 Å². The number of rotatable bonds is 13. The second kappa shape index (κ2) is 13.5. The van der Waals surface area contributed by atoms with Gasteiger partial charge in [0.05, 0.1) is 5.56 Å². The first kappa shape index (κ1) is 27.9. The average molecular weight is 457 g/mol. The minimum absolute atomic E-state index is 0.00290. The van der Waals surface area contributed by atoms with Crippen LogP contribution in [0.3, 0.4) is 0 Å². The van der Waals surface area contributed by atoms with E-state index >= 15 is 0 Å². The molecular weight excluding hydrogens is 404 g/mol. The van der Waals surface area contributed by atoms with Gasteiger partial charge in [0.1, 0.15) is 6.10 Å². The molecule has 1 saturated carbocycles. The van der Waals surface area contributed by atoms with E-state index in [2.05, 4.69) is 48.5 Å². The summed E-state index contributed by atoms with van der Waals surface area (Å²) >= 11 is 0. The minimum atomic E-state index is -0.158. The van der Waals surface area contributed by atoms with Crippen LogP contribution in [-0.4, -0.2) is 12.1 Å². The van der Waals surface area contributed by atoms with Crippen molar-refractivity contribution in [1.82, 2.24) is 0 Å². The monoisotopic (exact) mass is 456 g/mol. The van der Waals surface area contributed by atoms with E-state index in [1.54, 1.807) is 0 Å². The van der Waals surface area contributed by atoms with Gasteiger partial charge in [-0.3, -0.25) is 0 Å². The summed E-state index contributed by atoms with van der Waals surface area (Å²) in [6.07, 6.45) is 12.2. The van der Waals surface area contributed by atoms with Gasteiger partial charge in [0.15, 0.2) is 0 Å². The molecule has 0 bridgehead atoms. The Morgan fingerprint density at radius 3 is 2.33 bits per heavy atom. The lowest BCUT2D eigenvalue weighted by Crippen LogP contribution is -2.43. The SMILES string of the molecule is CCCCCC(OC(=O)c1ccccc1)C(C)CC(C(CC)CC)C1C(C)CCCC1(C)C. The quantitative estimate of drug-likeness (QED) is 0.218. The Morgan fingerprint density at radius 2 is 1.76 bits per heavy atom. The van der Waals surface area contributed by atoms with E-state index in [1.807, 2.05) is 30.3 Å². The molecule has 1 aromatic carbocycles. The van der Waals surface area contributed by atoms with Crippen LogP contribution in [0.4, 0.5) is 0 Å². The maximum absolute atomic E-state index is 13.0. The first-order valence-corrected chi connectivity index (χ1v) is 14.0. The Hall–Kier alpha value is -1.31. The first-order chi connectivity index (χ1) is 15.7. The van der Waals surface area contributed by atoms with Gasteiger partial charge in [-0.15, -0.1) is 0 Å². The molecule has 2 heteroatoms. The summed E-state index contributed by atoms with van der Waals surface area (Å²) in [5.74, 6) is 3.19. The van der Waals surface area contributed by atoms with Crippen LogP contribution in [0.15, 0.2) is 30.3 Å². The van der Waals surface area contributed by atoms with Crippen LogP contribution >= 0.6 is 0 Å². The number of carbonyl (C=O) groups is 1. The Kier molecular flexibility index (Phi) is 11.5. The smallest absolute Gasteiger partial charge is 0.338 e. The zero-order chi connectivity index (χ0) is 24.4. The van der Waals surface area contributed by atoms with Crippen LogP contribution in [0.5, 0.6) is 0 Å².